The average Bonchev–Trinajstić information content (AvgIpc) is 2.46. The summed E-state index contributed by atoms with van der Waals surface area (Å²) in [4.78, 5) is 2.47. The molecular formula is C16H18N2O2S. The third kappa shape index (κ3) is 3.92. The van der Waals surface area contributed by atoms with E-state index in [9.17, 15) is 8.42 Å². The van der Waals surface area contributed by atoms with E-state index in [-0.39, 0.29) is 4.90 Å². The van der Waals surface area contributed by atoms with Gasteiger partial charge in [-0.15, -0.1) is 0 Å². The van der Waals surface area contributed by atoms with Crippen molar-refractivity contribution in [2.24, 2.45) is 5.10 Å². The quantitative estimate of drug-likeness (QED) is 0.697. The molecule has 0 spiro atoms. The van der Waals surface area contributed by atoms with Crippen molar-refractivity contribution < 1.29 is 8.42 Å². The van der Waals surface area contributed by atoms with E-state index >= 15 is 0 Å². The van der Waals surface area contributed by atoms with E-state index in [4.69, 9.17) is 0 Å². The van der Waals surface area contributed by atoms with E-state index in [2.05, 4.69) is 9.93 Å². The van der Waals surface area contributed by atoms with Crippen molar-refractivity contribution in [2.45, 2.75) is 25.7 Å². The van der Waals surface area contributed by atoms with Crippen LogP contribution in [0.1, 0.15) is 23.6 Å². The van der Waals surface area contributed by atoms with Gasteiger partial charge in [0.15, 0.2) is 0 Å². The molecule has 0 saturated heterocycles. The zero-order chi connectivity index (χ0) is 15.5. The first kappa shape index (κ1) is 15.3. The molecule has 1 N–H and O–H groups in total. The molecule has 0 aliphatic carbocycles. The standard InChI is InChI=1S/C16H18N2O2S/c1-12-4-8-15(9-5-12)14(3)17-18-21(19,20)16-10-6-13(2)7-11-16/h4-11,18H,1-3H3/b17-14-. The van der Waals surface area contributed by atoms with Crippen molar-refractivity contribution in [3.05, 3.63) is 65.2 Å². The fourth-order valence-electron chi connectivity index (χ4n) is 1.76. The highest BCUT2D eigenvalue weighted by Gasteiger charge is 2.12. The summed E-state index contributed by atoms with van der Waals surface area (Å²) in [5, 5.41) is 3.97. The Morgan fingerprint density at radius 1 is 0.905 bits per heavy atom. The SMILES string of the molecule is C/C(=N/NS(=O)(=O)c1ccc(C)cc1)c1ccc(C)cc1. The summed E-state index contributed by atoms with van der Waals surface area (Å²) in [5.41, 5.74) is 3.65. The first-order valence-electron chi connectivity index (χ1n) is 6.58. The van der Waals surface area contributed by atoms with Gasteiger partial charge in [0.25, 0.3) is 10.0 Å². The fourth-order valence-corrected chi connectivity index (χ4v) is 2.61. The van der Waals surface area contributed by atoms with Gasteiger partial charge in [-0.05, 0) is 38.5 Å². The molecule has 4 nitrogen and oxygen atoms in total. The van der Waals surface area contributed by atoms with Crippen LogP contribution in [-0.2, 0) is 10.0 Å². The molecule has 0 aliphatic rings. The van der Waals surface area contributed by atoms with E-state index in [0.29, 0.717) is 5.71 Å². The predicted molar refractivity (Wildman–Crippen MR) is 84.9 cm³/mol. The van der Waals surface area contributed by atoms with Gasteiger partial charge in [-0.2, -0.15) is 18.4 Å². The maximum atomic E-state index is 12.1. The summed E-state index contributed by atoms with van der Waals surface area (Å²) in [6.45, 7) is 5.67. The smallest absolute Gasteiger partial charge is 0.200 e. The lowest BCUT2D eigenvalue weighted by Crippen LogP contribution is -2.19. The normalized spacial score (nSPS) is 12.2. The van der Waals surface area contributed by atoms with Crippen LogP contribution in [0.25, 0.3) is 0 Å². The Bertz CT molecular complexity index is 746. The number of nitrogens with zero attached hydrogens (tertiary/aromatic N) is 1. The highest BCUT2D eigenvalue weighted by Crippen LogP contribution is 2.10. The Kier molecular flexibility index (Phi) is 4.43. The Morgan fingerprint density at radius 3 is 1.90 bits per heavy atom. The van der Waals surface area contributed by atoms with Crippen LogP contribution in [-0.4, -0.2) is 14.1 Å². The number of sulfonamides is 1. The Hall–Kier alpha value is -2.14. The van der Waals surface area contributed by atoms with Crippen LogP contribution in [0.15, 0.2) is 58.5 Å². The predicted octanol–water partition coefficient (Wildman–Crippen LogP) is 3.01. The molecule has 0 radical (unpaired) electrons. The van der Waals surface area contributed by atoms with E-state index in [1.807, 2.05) is 38.1 Å². The average molecular weight is 302 g/mol. The molecule has 5 heteroatoms. The van der Waals surface area contributed by atoms with Crippen molar-refractivity contribution in [3.63, 3.8) is 0 Å². The lowest BCUT2D eigenvalue weighted by atomic mass is 10.1. The molecule has 0 saturated carbocycles. The molecule has 110 valence electrons. The number of hydrogen-bond donors (Lipinski definition) is 1. The van der Waals surface area contributed by atoms with Gasteiger partial charge in [-0.25, -0.2) is 0 Å². The van der Waals surface area contributed by atoms with Crippen LogP contribution < -0.4 is 4.83 Å². The van der Waals surface area contributed by atoms with E-state index in [1.165, 1.54) is 0 Å². The molecule has 2 aromatic rings. The monoisotopic (exact) mass is 302 g/mol. The zero-order valence-corrected chi connectivity index (χ0v) is 13.1. The maximum absolute atomic E-state index is 12.1. The molecule has 2 rings (SSSR count). The van der Waals surface area contributed by atoms with Crippen molar-refractivity contribution in [3.8, 4) is 0 Å². The van der Waals surface area contributed by atoms with Gasteiger partial charge in [0.2, 0.25) is 0 Å². The van der Waals surface area contributed by atoms with Crippen LogP contribution in [0.5, 0.6) is 0 Å². The van der Waals surface area contributed by atoms with Crippen LogP contribution in [0, 0.1) is 13.8 Å². The molecular weight excluding hydrogens is 284 g/mol. The zero-order valence-electron chi connectivity index (χ0n) is 12.3. The van der Waals surface area contributed by atoms with Gasteiger partial charge < -0.3 is 0 Å². The van der Waals surface area contributed by atoms with Gasteiger partial charge >= 0.3 is 0 Å². The molecule has 2 aromatic carbocycles. The summed E-state index contributed by atoms with van der Waals surface area (Å²) in [6.07, 6.45) is 0. The Labute approximate surface area is 125 Å². The fraction of sp³-hybridized carbons (Fsp3) is 0.188. The number of aryl methyl sites for hydroxylation is 2. The first-order chi connectivity index (χ1) is 9.88. The lowest BCUT2D eigenvalue weighted by molar-refractivity contribution is 0.584. The minimum atomic E-state index is -3.63. The van der Waals surface area contributed by atoms with Gasteiger partial charge in [0.1, 0.15) is 0 Å². The van der Waals surface area contributed by atoms with Gasteiger partial charge in [0.05, 0.1) is 10.6 Å². The van der Waals surface area contributed by atoms with Gasteiger partial charge in [0, 0.05) is 0 Å². The molecule has 0 bridgehead atoms. The molecule has 0 aromatic heterocycles. The van der Waals surface area contributed by atoms with Crippen molar-refractivity contribution >= 4 is 15.7 Å². The number of rotatable bonds is 4. The topological polar surface area (TPSA) is 58.5 Å². The summed E-state index contributed by atoms with van der Waals surface area (Å²) < 4.78 is 24.2. The molecule has 0 aliphatic heterocycles. The molecule has 0 heterocycles. The third-order valence-electron chi connectivity index (χ3n) is 3.13. The van der Waals surface area contributed by atoms with Crippen LogP contribution in [0.2, 0.25) is 0 Å². The number of hydrazone groups is 1. The second-order valence-electron chi connectivity index (χ2n) is 4.97. The highest BCUT2D eigenvalue weighted by atomic mass is 32.2. The summed E-state index contributed by atoms with van der Waals surface area (Å²) in [7, 11) is -3.63. The van der Waals surface area contributed by atoms with Crippen LogP contribution >= 0.6 is 0 Å². The number of nitrogens with one attached hydrogen (secondary N) is 1. The highest BCUT2D eigenvalue weighted by molar-refractivity contribution is 7.89. The molecule has 0 unspecified atom stereocenters. The molecule has 0 amide bonds. The van der Waals surface area contributed by atoms with Gasteiger partial charge in [-0.1, -0.05) is 47.5 Å². The number of hydrogen-bond acceptors (Lipinski definition) is 3. The molecule has 0 atom stereocenters. The first-order valence-corrected chi connectivity index (χ1v) is 8.06. The summed E-state index contributed by atoms with van der Waals surface area (Å²) in [6, 6.07) is 14.4. The minimum Gasteiger partial charge on any atom is -0.200 e. The Balaban J connectivity index is 2.18. The van der Waals surface area contributed by atoms with E-state index < -0.39 is 10.0 Å². The van der Waals surface area contributed by atoms with Crippen molar-refractivity contribution in [2.75, 3.05) is 0 Å². The largest absolute Gasteiger partial charge is 0.276 e. The van der Waals surface area contributed by atoms with Crippen LogP contribution in [0.4, 0.5) is 0 Å². The summed E-state index contributed by atoms with van der Waals surface area (Å²) in [5.74, 6) is 0. The summed E-state index contributed by atoms with van der Waals surface area (Å²) >= 11 is 0. The van der Waals surface area contributed by atoms with Crippen molar-refractivity contribution in [1.29, 1.82) is 0 Å². The van der Waals surface area contributed by atoms with E-state index in [1.54, 1.807) is 31.2 Å². The third-order valence-corrected chi connectivity index (χ3v) is 4.36. The second kappa shape index (κ2) is 6.10. The lowest BCUT2D eigenvalue weighted by Gasteiger charge is -2.06. The minimum absolute atomic E-state index is 0.202. The molecule has 21 heavy (non-hydrogen) atoms. The molecule has 0 fully saturated rings. The number of benzene rings is 2. The second-order valence-corrected chi connectivity index (χ2v) is 6.63. The Morgan fingerprint density at radius 2 is 1.38 bits per heavy atom. The maximum Gasteiger partial charge on any atom is 0.276 e. The van der Waals surface area contributed by atoms with E-state index in [0.717, 1.165) is 16.7 Å². The van der Waals surface area contributed by atoms with Gasteiger partial charge in [-0.3, -0.25) is 0 Å². The van der Waals surface area contributed by atoms with Crippen molar-refractivity contribution in [1.82, 2.24) is 4.83 Å². The van der Waals surface area contributed by atoms with Crippen LogP contribution in [0.3, 0.4) is 0 Å².